The molecule has 1 amide bonds. The molecule has 1 aromatic heterocycles. The smallest absolute Gasteiger partial charge is 0.229 e. The van der Waals surface area contributed by atoms with Gasteiger partial charge in [-0.15, -0.1) is 0 Å². The van der Waals surface area contributed by atoms with Crippen molar-refractivity contribution in [2.45, 2.75) is 6.42 Å². The third-order valence-electron chi connectivity index (χ3n) is 2.47. The third-order valence-corrected chi connectivity index (χ3v) is 2.47. The van der Waals surface area contributed by atoms with Crippen LogP contribution in [0.25, 0.3) is 0 Å². The van der Waals surface area contributed by atoms with E-state index in [0.29, 0.717) is 11.5 Å². The Morgan fingerprint density at radius 2 is 1.89 bits per heavy atom. The van der Waals surface area contributed by atoms with Crippen LogP contribution >= 0.6 is 0 Å². The van der Waals surface area contributed by atoms with E-state index in [0.717, 1.165) is 12.1 Å². The monoisotopic (exact) mass is 263 g/mol. The van der Waals surface area contributed by atoms with Gasteiger partial charge < -0.3 is 11.1 Å². The minimum absolute atomic E-state index is 0.261. The highest BCUT2D eigenvalue weighted by Gasteiger charge is 2.13. The fraction of sp³-hybridized carbons (Fsp3) is 0.0769. The molecule has 0 fully saturated rings. The van der Waals surface area contributed by atoms with E-state index in [1.54, 1.807) is 6.07 Å². The number of carbonyl (C=O) groups is 1. The van der Waals surface area contributed by atoms with Gasteiger partial charge in [-0.3, -0.25) is 4.79 Å². The van der Waals surface area contributed by atoms with Gasteiger partial charge in [0.25, 0.3) is 0 Å². The minimum Gasteiger partial charge on any atom is -0.384 e. The van der Waals surface area contributed by atoms with Crippen molar-refractivity contribution in [3.05, 3.63) is 53.7 Å². The molecular weight excluding hydrogens is 252 g/mol. The highest BCUT2D eigenvalue weighted by atomic mass is 19.1. The third kappa shape index (κ3) is 3.25. The van der Waals surface area contributed by atoms with Crippen molar-refractivity contribution < 1.29 is 13.6 Å². The van der Waals surface area contributed by atoms with Gasteiger partial charge in [0.2, 0.25) is 5.91 Å². The largest absolute Gasteiger partial charge is 0.384 e. The molecule has 6 heteroatoms. The van der Waals surface area contributed by atoms with E-state index < -0.39 is 17.5 Å². The topological polar surface area (TPSA) is 68.0 Å². The molecule has 0 aliphatic rings. The highest BCUT2D eigenvalue weighted by Crippen LogP contribution is 2.14. The Hall–Kier alpha value is -2.50. The van der Waals surface area contributed by atoms with Crippen molar-refractivity contribution in [1.82, 2.24) is 4.98 Å². The Bertz CT molecular complexity index is 579. The summed E-state index contributed by atoms with van der Waals surface area (Å²) < 4.78 is 26.7. The maximum absolute atomic E-state index is 13.4. The van der Waals surface area contributed by atoms with E-state index in [1.807, 2.05) is 0 Å². The number of rotatable bonds is 3. The lowest BCUT2D eigenvalue weighted by Gasteiger charge is -2.06. The number of nitrogen functional groups attached to an aromatic ring is 1. The predicted octanol–water partition coefficient (Wildman–Crippen LogP) is 2.12. The molecule has 2 rings (SSSR count). The number of nitrogens with one attached hydrogen (secondary N) is 1. The molecule has 0 saturated heterocycles. The second-order valence-corrected chi connectivity index (χ2v) is 3.90. The molecular formula is C13H11F2N3O. The number of nitrogens with two attached hydrogens (primary N) is 1. The van der Waals surface area contributed by atoms with Crippen LogP contribution in [0.4, 0.5) is 20.3 Å². The van der Waals surface area contributed by atoms with Crippen LogP contribution in [-0.2, 0) is 11.2 Å². The SMILES string of the molecule is Nc1ccc(NC(=O)Cc2c(F)cccc2F)cn1. The van der Waals surface area contributed by atoms with Crippen LogP contribution in [0.2, 0.25) is 0 Å². The van der Waals surface area contributed by atoms with Crippen LogP contribution in [-0.4, -0.2) is 10.9 Å². The van der Waals surface area contributed by atoms with Crippen LogP contribution in [0.5, 0.6) is 0 Å². The van der Waals surface area contributed by atoms with E-state index in [1.165, 1.54) is 18.3 Å². The summed E-state index contributed by atoms with van der Waals surface area (Å²) in [5.74, 6) is -1.70. The lowest BCUT2D eigenvalue weighted by molar-refractivity contribution is -0.115. The van der Waals surface area contributed by atoms with Crippen molar-refractivity contribution >= 4 is 17.4 Å². The molecule has 4 nitrogen and oxygen atoms in total. The number of nitrogens with zero attached hydrogens (tertiary/aromatic N) is 1. The van der Waals surface area contributed by atoms with Gasteiger partial charge in [-0.2, -0.15) is 0 Å². The molecule has 0 atom stereocenters. The Labute approximate surface area is 108 Å². The van der Waals surface area contributed by atoms with E-state index >= 15 is 0 Å². The van der Waals surface area contributed by atoms with Crippen LogP contribution in [0, 0.1) is 11.6 Å². The average molecular weight is 263 g/mol. The second kappa shape index (κ2) is 5.43. The quantitative estimate of drug-likeness (QED) is 0.891. The van der Waals surface area contributed by atoms with Crippen molar-refractivity contribution in [3.63, 3.8) is 0 Å². The lowest BCUT2D eigenvalue weighted by Crippen LogP contribution is -2.16. The molecule has 1 aromatic carbocycles. The van der Waals surface area contributed by atoms with Crippen molar-refractivity contribution in [1.29, 1.82) is 0 Å². The zero-order valence-electron chi connectivity index (χ0n) is 9.86. The molecule has 19 heavy (non-hydrogen) atoms. The second-order valence-electron chi connectivity index (χ2n) is 3.90. The number of benzene rings is 1. The number of hydrogen-bond acceptors (Lipinski definition) is 3. The van der Waals surface area contributed by atoms with E-state index in [4.69, 9.17) is 5.73 Å². The van der Waals surface area contributed by atoms with Gasteiger partial charge in [0.05, 0.1) is 18.3 Å². The molecule has 0 saturated carbocycles. The van der Waals surface area contributed by atoms with Gasteiger partial charge in [-0.05, 0) is 24.3 Å². The van der Waals surface area contributed by atoms with E-state index in [2.05, 4.69) is 10.3 Å². The van der Waals surface area contributed by atoms with Crippen LogP contribution < -0.4 is 11.1 Å². The number of carbonyl (C=O) groups excluding carboxylic acids is 1. The molecule has 2 aromatic rings. The molecule has 0 unspecified atom stereocenters. The first-order chi connectivity index (χ1) is 9.06. The zero-order valence-corrected chi connectivity index (χ0v) is 9.86. The summed E-state index contributed by atoms with van der Waals surface area (Å²) in [6.45, 7) is 0. The van der Waals surface area contributed by atoms with Gasteiger partial charge >= 0.3 is 0 Å². The summed E-state index contributed by atoms with van der Waals surface area (Å²) in [6.07, 6.45) is 0.980. The Balaban J connectivity index is 2.07. The summed E-state index contributed by atoms with van der Waals surface area (Å²) in [5, 5.41) is 2.48. The molecule has 1 heterocycles. The summed E-state index contributed by atoms with van der Waals surface area (Å²) in [6, 6.07) is 6.53. The van der Waals surface area contributed by atoms with Crippen molar-refractivity contribution in [2.75, 3.05) is 11.1 Å². The number of halogens is 2. The summed E-state index contributed by atoms with van der Waals surface area (Å²) >= 11 is 0. The summed E-state index contributed by atoms with van der Waals surface area (Å²) in [4.78, 5) is 15.5. The predicted molar refractivity (Wildman–Crippen MR) is 67.3 cm³/mol. The fourth-order valence-corrected chi connectivity index (χ4v) is 1.55. The maximum Gasteiger partial charge on any atom is 0.229 e. The minimum atomic E-state index is -0.745. The average Bonchev–Trinajstić information content (AvgIpc) is 2.37. The van der Waals surface area contributed by atoms with Gasteiger partial charge in [-0.1, -0.05) is 6.07 Å². The molecule has 3 N–H and O–H groups in total. The first-order valence-electron chi connectivity index (χ1n) is 5.50. The molecule has 98 valence electrons. The van der Waals surface area contributed by atoms with Crippen molar-refractivity contribution in [3.8, 4) is 0 Å². The Kier molecular flexibility index (Phi) is 3.70. The van der Waals surface area contributed by atoms with Crippen LogP contribution in [0.15, 0.2) is 36.5 Å². The summed E-state index contributed by atoms with van der Waals surface area (Å²) in [5.41, 5.74) is 5.55. The fourth-order valence-electron chi connectivity index (χ4n) is 1.55. The van der Waals surface area contributed by atoms with Gasteiger partial charge in [0, 0.05) is 5.56 Å². The van der Waals surface area contributed by atoms with E-state index in [9.17, 15) is 13.6 Å². The number of anilines is 2. The Morgan fingerprint density at radius 1 is 1.21 bits per heavy atom. The van der Waals surface area contributed by atoms with Crippen molar-refractivity contribution in [2.24, 2.45) is 0 Å². The standard InChI is InChI=1S/C13H11F2N3O/c14-10-2-1-3-11(15)9(10)6-13(19)18-8-4-5-12(16)17-7-8/h1-5,7H,6H2,(H2,16,17)(H,18,19). The first kappa shape index (κ1) is 12.9. The number of aromatic nitrogens is 1. The molecule has 0 aliphatic carbocycles. The lowest BCUT2D eigenvalue weighted by atomic mass is 10.1. The number of pyridine rings is 1. The maximum atomic E-state index is 13.4. The Morgan fingerprint density at radius 3 is 2.47 bits per heavy atom. The first-order valence-corrected chi connectivity index (χ1v) is 5.50. The van der Waals surface area contributed by atoms with Gasteiger partial charge in [-0.25, -0.2) is 13.8 Å². The molecule has 0 spiro atoms. The zero-order chi connectivity index (χ0) is 13.8. The normalized spacial score (nSPS) is 10.2. The van der Waals surface area contributed by atoms with E-state index in [-0.39, 0.29) is 12.0 Å². The molecule has 0 aliphatic heterocycles. The van der Waals surface area contributed by atoms with Gasteiger partial charge in [0.1, 0.15) is 17.5 Å². The van der Waals surface area contributed by atoms with Gasteiger partial charge in [0.15, 0.2) is 0 Å². The summed E-state index contributed by atoms with van der Waals surface area (Å²) in [7, 11) is 0. The van der Waals surface area contributed by atoms with Crippen LogP contribution in [0.3, 0.4) is 0 Å². The number of hydrogen-bond donors (Lipinski definition) is 2. The molecule has 0 bridgehead atoms. The molecule has 0 radical (unpaired) electrons. The number of amides is 1. The highest BCUT2D eigenvalue weighted by molar-refractivity contribution is 5.92. The van der Waals surface area contributed by atoms with Crippen LogP contribution in [0.1, 0.15) is 5.56 Å².